The summed E-state index contributed by atoms with van der Waals surface area (Å²) in [5, 5.41) is 3.91. The molecule has 2 amide bonds. The Kier molecular flexibility index (Phi) is 4.11. The number of hydrogen-bond acceptors (Lipinski definition) is 3. The van der Waals surface area contributed by atoms with Gasteiger partial charge in [0.25, 0.3) is 0 Å². The van der Waals surface area contributed by atoms with Crippen LogP contribution in [0.5, 0.6) is 0 Å². The first-order chi connectivity index (χ1) is 10.9. The highest BCUT2D eigenvalue weighted by Gasteiger charge is 2.49. The third-order valence-corrected chi connectivity index (χ3v) is 5.35. The van der Waals surface area contributed by atoms with E-state index in [1.54, 1.807) is 11.3 Å². The molecule has 1 atom stereocenters. The van der Waals surface area contributed by atoms with Crippen LogP contribution in [0, 0.1) is 0 Å². The maximum atomic E-state index is 12.8. The van der Waals surface area contributed by atoms with Gasteiger partial charge < -0.3 is 0 Å². The second-order valence-electron chi connectivity index (χ2n) is 6.70. The van der Waals surface area contributed by atoms with Crippen LogP contribution in [0.2, 0.25) is 0 Å². The Morgan fingerprint density at radius 3 is 2.43 bits per heavy atom. The summed E-state index contributed by atoms with van der Waals surface area (Å²) in [5.74, 6) is 0.298. The number of rotatable bonds is 4. The number of amides is 2. The zero-order chi connectivity index (χ0) is 16.6. The van der Waals surface area contributed by atoms with Crippen molar-refractivity contribution in [2.45, 2.75) is 45.1 Å². The fourth-order valence-corrected chi connectivity index (χ4v) is 3.83. The highest BCUT2D eigenvalue weighted by atomic mass is 32.1. The second-order valence-corrected chi connectivity index (χ2v) is 7.48. The van der Waals surface area contributed by atoms with E-state index in [9.17, 15) is 9.59 Å². The zero-order valence-corrected chi connectivity index (χ0v) is 14.5. The van der Waals surface area contributed by atoms with Gasteiger partial charge in [0.15, 0.2) is 0 Å². The summed E-state index contributed by atoms with van der Waals surface area (Å²) in [4.78, 5) is 26.6. The fraction of sp³-hybridized carbons (Fsp3) is 0.368. The maximum Gasteiger partial charge on any atom is 0.240 e. The SMILES string of the molecule is CC(C)c1ccc(CN2C(=O)C[C@](C)(c3ccsc3)C2=O)cc1. The molecule has 1 aliphatic heterocycles. The van der Waals surface area contributed by atoms with Crippen LogP contribution in [0.15, 0.2) is 41.1 Å². The van der Waals surface area contributed by atoms with Crippen molar-refractivity contribution in [1.82, 2.24) is 4.90 Å². The molecule has 1 aromatic carbocycles. The normalized spacial score (nSPS) is 21.5. The smallest absolute Gasteiger partial charge is 0.240 e. The molecule has 0 aliphatic carbocycles. The lowest BCUT2D eigenvalue weighted by Gasteiger charge is -2.21. The van der Waals surface area contributed by atoms with Gasteiger partial charge in [-0.25, -0.2) is 0 Å². The van der Waals surface area contributed by atoms with Crippen molar-refractivity contribution in [3.63, 3.8) is 0 Å². The molecule has 0 N–H and O–H groups in total. The zero-order valence-electron chi connectivity index (χ0n) is 13.7. The van der Waals surface area contributed by atoms with Crippen molar-refractivity contribution in [2.24, 2.45) is 0 Å². The third kappa shape index (κ3) is 2.83. The van der Waals surface area contributed by atoms with Crippen LogP contribution >= 0.6 is 11.3 Å². The summed E-state index contributed by atoms with van der Waals surface area (Å²) in [6, 6.07) is 10.1. The van der Waals surface area contributed by atoms with E-state index in [1.807, 2.05) is 35.9 Å². The summed E-state index contributed by atoms with van der Waals surface area (Å²) in [5.41, 5.74) is 2.48. The van der Waals surface area contributed by atoms with E-state index in [2.05, 4.69) is 26.0 Å². The van der Waals surface area contributed by atoms with Gasteiger partial charge in [-0.1, -0.05) is 38.1 Å². The van der Waals surface area contributed by atoms with Gasteiger partial charge in [-0.15, -0.1) is 0 Å². The predicted octanol–water partition coefficient (Wildman–Crippen LogP) is 4.09. The molecule has 0 spiro atoms. The number of thiophene rings is 1. The van der Waals surface area contributed by atoms with Gasteiger partial charge in [0.05, 0.1) is 12.0 Å². The summed E-state index contributed by atoms with van der Waals surface area (Å²) >= 11 is 1.56. The van der Waals surface area contributed by atoms with Crippen LogP contribution < -0.4 is 0 Å². The number of carbonyl (C=O) groups excluding carboxylic acids is 2. The lowest BCUT2D eigenvalue weighted by Crippen LogP contribution is -2.35. The quantitative estimate of drug-likeness (QED) is 0.793. The minimum Gasteiger partial charge on any atom is -0.277 e. The Balaban J connectivity index is 1.81. The average molecular weight is 327 g/mol. The first-order valence-electron chi connectivity index (χ1n) is 7.88. The molecule has 1 aliphatic rings. The molecule has 1 saturated heterocycles. The van der Waals surface area contributed by atoms with Crippen molar-refractivity contribution in [1.29, 1.82) is 0 Å². The average Bonchev–Trinajstić information content (AvgIpc) is 3.12. The van der Waals surface area contributed by atoms with E-state index in [0.29, 0.717) is 12.5 Å². The van der Waals surface area contributed by atoms with Gasteiger partial charge in [-0.3, -0.25) is 14.5 Å². The number of nitrogens with zero attached hydrogens (tertiary/aromatic N) is 1. The number of carbonyl (C=O) groups is 2. The highest BCUT2D eigenvalue weighted by Crippen LogP contribution is 2.37. The lowest BCUT2D eigenvalue weighted by atomic mass is 9.83. The van der Waals surface area contributed by atoms with E-state index in [1.165, 1.54) is 10.5 Å². The molecular formula is C19H21NO2S. The van der Waals surface area contributed by atoms with E-state index in [0.717, 1.165) is 11.1 Å². The highest BCUT2D eigenvalue weighted by molar-refractivity contribution is 7.08. The summed E-state index contributed by atoms with van der Waals surface area (Å²) in [6.07, 6.45) is 0.257. The Morgan fingerprint density at radius 2 is 1.87 bits per heavy atom. The molecule has 0 unspecified atom stereocenters. The minimum atomic E-state index is -0.713. The number of benzene rings is 1. The minimum absolute atomic E-state index is 0.0864. The number of imide groups is 1. The Morgan fingerprint density at radius 1 is 1.17 bits per heavy atom. The Bertz CT molecular complexity index is 718. The molecule has 4 heteroatoms. The molecule has 0 saturated carbocycles. The topological polar surface area (TPSA) is 37.4 Å². The van der Waals surface area contributed by atoms with E-state index >= 15 is 0 Å². The molecule has 1 fully saturated rings. The van der Waals surface area contributed by atoms with Crippen LogP contribution in [0.4, 0.5) is 0 Å². The van der Waals surface area contributed by atoms with Gasteiger partial charge >= 0.3 is 0 Å². The van der Waals surface area contributed by atoms with Crippen LogP contribution in [0.3, 0.4) is 0 Å². The van der Waals surface area contributed by atoms with Crippen molar-refractivity contribution in [3.8, 4) is 0 Å². The third-order valence-electron chi connectivity index (χ3n) is 4.67. The molecule has 23 heavy (non-hydrogen) atoms. The number of likely N-dealkylation sites (tertiary alicyclic amines) is 1. The molecule has 2 heterocycles. The Hall–Kier alpha value is -1.94. The largest absolute Gasteiger partial charge is 0.277 e. The molecule has 3 nitrogen and oxygen atoms in total. The molecule has 1 aromatic heterocycles. The molecule has 0 bridgehead atoms. The van der Waals surface area contributed by atoms with Gasteiger partial charge in [0.1, 0.15) is 0 Å². The maximum absolute atomic E-state index is 12.8. The molecule has 2 aromatic rings. The van der Waals surface area contributed by atoms with Crippen molar-refractivity contribution < 1.29 is 9.59 Å². The first kappa shape index (κ1) is 15.9. The summed E-state index contributed by atoms with van der Waals surface area (Å²) < 4.78 is 0. The van der Waals surface area contributed by atoms with Crippen molar-refractivity contribution >= 4 is 23.2 Å². The molecular weight excluding hydrogens is 306 g/mol. The van der Waals surface area contributed by atoms with Crippen LogP contribution in [0.25, 0.3) is 0 Å². The monoisotopic (exact) mass is 327 g/mol. The van der Waals surface area contributed by atoms with Crippen LogP contribution in [-0.4, -0.2) is 16.7 Å². The summed E-state index contributed by atoms with van der Waals surface area (Å²) in [6.45, 7) is 6.52. The van der Waals surface area contributed by atoms with Crippen molar-refractivity contribution in [2.75, 3.05) is 0 Å². The Labute approximate surface area is 140 Å². The predicted molar refractivity (Wildman–Crippen MR) is 92.4 cm³/mol. The van der Waals surface area contributed by atoms with Crippen LogP contribution in [0.1, 0.15) is 49.8 Å². The number of hydrogen-bond donors (Lipinski definition) is 0. The fourth-order valence-electron chi connectivity index (χ4n) is 3.04. The first-order valence-corrected chi connectivity index (χ1v) is 8.82. The molecule has 0 radical (unpaired) electrons. The van der Waals surface area contributed by atoms with E-state index < -0.39 is 5.41 Å². The molecule has 120 valence electrons. The van der Waals surface area contributed by atoms with Crippen LogP contribution in [-0.2, 0) is 21.5 Å². The standard InChI is InChI=1S/C19H21NO2S/c1-13(2)15-6-4-14(5-7-15)11-20-17(21)10-19(3,18(20)22)16-8-9-23-12-16/h4-9,12-13H,10-11H2,1-3H3/t19-/m1/s1. The van der Waals surface area contributed by atoms with Crippen molar-refractivity contribution in [3.05, 3.63) is 57.8 Å². The second kappa shape index (κ2) is 5.93. The lowest BCUT2D eigenvalue weighted by molar-refractivity contribution is -0.140. The van der Waals surface area contributed by atoms with Gasteiger partial charge in [-0.05, 0) is 46.4 Å². The van der Waals surface area contributed by atoms with Gasteiger partial charge in [-0.2, -0.15) is 11.3 Å². The van der Waals surface area contributed by atoms with E-state index in [-0.39, 0.29) is 18.2 Å². The van der Waals surface area contributed by atoms with Gasteiger partial charge in [0, 0.05) is 6.42 Å². The summed E-state index contributed by atoms with van der Waals surface area (Å²) in [7, 11) is 0. The van der Waals surface area contributed by atoms with Gasteiger partial charge in [0.2, 0.25) is 11.8 Å². The molecule has 3 rings (SSSR count). The van der Waals surface area contributed by atoms with E-state index in [4.69, 9.17) is 0 Å².